The van der Waals surface area contributed by atoms with E-state index in [0.29, 0.717) is 6.54 Å². The number of hydrogen-bond donors (Lipinski definition) is 1. The van der Waals surface area contributed by atoms with Gasteiger partial charge in [-0.1, -0.05) is 0 Å². The molecular formula is C16H30N2O4. The zero-order valence-electron chi connectivity index (χ0n) is 14.9. The predicted molar refractivity (Wildman–Crippen MR) is 84.8 cm³/mol. The molecule has 6 nitrogen and oxygen atoms in total. The molecule has 1 N–H and O–H groups in total. The molecular weight excluding hydrogens is 284 g/mol. The lowest BCUT2D eigenvalue weighted by atomic mass is 10.00. The van der Waals surface area contributed by atoms with E-state index < -0.39 is 17.3 Å². The summed E-state index contributed by atoms with van der Waals surface area (Å²) in [5.74, 6) is 0. The Hall–Kier alpha value is -1.46. The summed E-state index contributed by atoms with van der Waals surface area (Å²) >= 11 is 0. The number of amides is 2. The lowest BCUT2D eigenvalue weighted by Gasteiger charge is -2.38. The number of piperidine rings is 1. The molecule has 1 saturated heterocycles. The van der Waals surface area contributed by atoms with Crippen LogP contribution < -0.4 is 5.32 Å². The molecule has 1 aliphatic heterocycles. The van der Waals surface area contributed by atoms with E-state index in [4.69, 9.17) is 9.47 Å². The average molecular weight is 314 g/mol. The van der Waals surface area contributed by atoms with Gasteiger partial charge in [0.25, 0.3) is 0 Å². The van der Waals surface area contributed by atoms with Crippen LogP contribution >= 0.6 is 0 Å². The van der Waals surface area contributed by atoms with Crippen LogP contribution in [0.3, 0.4) is 0 Å². The number of hydrogen-bond acceptors (Lipinski definition) is 4. The Morgan fingerprint density at radius 1 is 1.00 bits per heavy atom. The summed E-state index contributed by atoms with van der Waals surface area (Å²) < 4.78 is 10.7. The van der Waals surface area contributed by atoms with Crippen LogP contribution in [-0.2, 0) is 9.47 Å². The fourth-order valence-corrected chi connectivity index (χ4v) is 2.27. The molecule has 0 bridgehead atoms. The van der Waals surface area contributed by atoms with Gasteiger partial charge in [-0.2, -0.15) is 0 Å². The van der Waals surface area contributed by atoms with Crippen molar-refractivity contribution in [2.75, 3.05) is 6.54 Å². The Kier molecular flexibility index (Phi) is 5.70. The molecule has 0 aromatic carbocycles. The van der Waals surface area contributed by atoms with Gasteiger partial charge in [0.2, 0.25) is 0 Å². The lowest BCUT2D eigenvalue weighted by Crippen LogP contribution is -2.54. The summed E-state index contributed by atoms with van der Waals surface area (Å²) in [4.78, 5) is 25.8. The number of carbonyl (C=O) groups excluding carboxylic acids is 2. The summed E-state index contributed by atoms with van der Waals surface area (Å²) in [7, 11) is 0. The maximum atomic E-state index is 12.2. The number of rotatable bonds is 1. The minimum Gasteiger partial charge on any atom is -0.444 e. The zero-order valence-corrected chi connectivity index (χ0v) is 14.9. The molecule has 0 radical (unpaired) electrons. The Labute approximate surface area is 133 Å². The van der Waals surface area contributed by atoms with Crippen molar-refractivity contribution in [3.8, 4) is 0 Å². The van der Waals surface area contributed by atoms with Crippen molar-refractivity contribution in [1.29, 1.82) is 0 Å². The predicted octanol–water partition coefficient (Wildman–Crippen LogP) is 3.30. The van der Waals surface area contributed by atoms with Crippen LogP contribution in [-0.4, -0.2) is 46.9 Å². The van der Waals surface area contributed by atoms with Gasteiger partial charge in [-0.3, -0.25) is 0 Å². The maximum Gasteiger partial charge on any atom is 0.410 e. The van der Waals surface area contributed by atoms with Crippen molar-refractivity contribution in [1.82, 2.24) is 10.2 Å². The van der Waals surface area contributed by atoms with Crippen molar-refractivity contribution in [3.05, 3.63) is 0 Å². The third-order valence-electron chi connectivity index (χ3n) is 3.23. The molecule has 2 atom stereocenters. The van der Waals surface area contributed by atoms with E-state index in [2.05, 4.69) is 5.32 Å². The van der Waals surface area contributed by atoms with E-state index in [-0.39, 0.29) is 18.2 Å². The third kappa shape index (κ3) is 6.54. The molecule has 0 saturated carbocycles. The van der Waals surface area contributed by atoms with E-state index in [9.17, 15) is 9.59 Å². The number of nitrogens with zero attached hydrogens (tertiary/aromatic N) is 1. The van der Waals surface area contributed by atoms with Crippen LogP contribution in [0.5, 0.6) is 0 Å². The zero-order chi connectivity index (χ0) is 17.1. The Morgan fingerprint density at radius 2 is 1.55 bits per heavy atom. The highest BCUT2D eigenvalue weighted by molar-refractivity contribution is 5.70. The third-order valence-corrected chi connectivity index (χ3v) is 3.23. The fraction of sp³-hybridized carbons (Fsp3) is 0.875. The standard InChI is InChI=1S/C16H30N2O4/c1-11-8-9-12(17-13(19)21-15(2,3)4)10-18(11)14(20)22-16(5,6)7/h11-12H,8-10H2,1-7H3,(H,17,19). The highest BCUT2D eigenvalue weighted by atomic mass is 16.6. The monoisotopic (exact) mass is 314 g/mol. The normalized spacial score (nSPS) is 23.0. The molecule has 1 rings (SSSR count). The molecule has 1 heterocycles. The molecule has 1 fully saturated rings. The van der Waals surface area contributed by atoms with Gasteiger partial charge in [-0.05, 0) is 61.3 Å². The second-order valence-electron chi connectivity index (χ2n) is 7.90. The highest BCUT2D eigenvalue weighted by Gasteiger charge is 2.33. The first-order valence-electron chi connectivity index (χ1n) is 7.86. The summed E-state index contributed by atoms with van der Waals surface area (Å²) in [6, 6.07) is -0.00916. The largest absolute Gasteiger partial charge is 0.444 e. The van der Waals surface area contributed by atoms with Gasteiger partial charge in [0.05, 0.1) is 0 Å². The van der Waals surface area contributed by atoms with Gasteiger partial charge in [0.1, 0.15) is 11.2 Å². The molecule has 128 valence electrons. The van der Waals surface area contributed by atoms with Crippen molar-refractivity contribution in [2.45, 2.75) is 84.6 Å². The van der Waals surface area contributed by atoms with Crippen LogP contribution in [0.2, 0.25) is 0 Å². The maximum absolute atomic E-state index is 12.2. The first-order valence-corrected chi connectivity index (χ1v) is 7.86. The van der Waals surface area contributed by atoms with Crippen LogP contribution in [0, 0.1) is 0 Å². The minimum atomic E-state index is -0.531. The molecule has 6 heteroatoms. The molecule has 0 aromatic rings. The number of nitrogens with one attached hydrogen (secondary N) is 1. The smallest absolute Gasteiger partial charge is 0.410 e. The number of carbonyl (C=O) groups is 2. The molecule has 0 aliphatic carbocycles. The summed E-state index contributed by atoms with van der Waals surface area (Å²) in [5.41, 5.74) is -1.06. The van der Waals surface area contributed by atoms with Crippen LogP contribution in [0.4, 0.5) is 9.59 Å². The van der Waals surface area contributed by atoms with Crippen molar-refractivity contribution in [3.63, 3.8) is 0 Å². The average Bonchev–Trinajstić information content (AvgIpc) is 2.26. The van der Waals surface area contributed by atoms with Crippen LogP contribution in [0.25, 0.3) is 0 Å². The van der Waals surface area contributed by atoms with E-state index >= 15 is 0 Å². The van der Waals surface area contributed by atoms with Gasteiger partial charge < -0.3 is 19.7 Å². The lowest BCUT2D eigenvalue weighted by molar-refractivity contribution is 0.00597. The van der Waals surface area contributed by atoms with Crippen LogP contribution in [0.1, 0.15) is 61.3 Å². The minimum absolute atomic E-state index is 0.103. The molecule has 1 aliphatic rings. The summed E-state index contributed by atoms with van der Waals surface area (Å²) in [5, 5.41) is 2.83. The SMILES string of the molecule is CC1CCC(NC(=O)OC(C)(C)C)CN1C(=O)OC(C)(C)C. The first-order chi connectivity index (χ1) is 9.87. The Balaban J connectivity index is 2.60. The van der Waals surface area contributed by atoms with E-state index in [1.807, 2.05) is 48.5 Å². The van der Waals surface area contributed by atoms with Gasteiger partial charge >= 0.3 is 12.2 Å². The van der Waals surface area contributed by atoms with Gasteiger partial charge in [-0.15, -0.1) is 0 Å². The van der Waals surface area contributed by atoms with Gasteiger partial charge in [0, 0.05) is 18.6 Å². The van der Waals surface area contributed by atoms with Gasteiger partial charge in [-0.25, -0.2) is 9.59 Å². The van der Waals surface area contributed by atoms with E-state index in [1.54, 1.807) is 4.90 Å². The highest BCUT2D eigenvalue weighted by Crippen LogP contribution is 2.21. The fourth-order valence-electron chi connectivity index (χ4n) is 2.27. The molecule has 22 heavy (non-hydrogen) atoms. The molecule has 0 aromatic heterocycles. The second kappa shape index (κ2) is 6.75. The summed E-state index contributed by atoms with van der Waals surface area (Å²) in [6.45, 7) is 13.4. The number of alkyl carbamates (subject to hydrolysis) is 1. The molecule has 0 spiro atoms. The quantitative estimate of drug-likeness (QED) is 0.806. The Bertz CT molecular complexity index is 409. The molecule has 2 unspecified atom stereocenters. The number of likely N-dealkylation sites (tertiary alicyclic amines) is 1. The first kappa shape index (κ1) is 18.6. The summed E-state index contributed by atoms with van der Waals surface area (Å²) in [6.07, 6.45) is 0.853. The molecule has 2 amide bonds. The van der Waals surface area contributed by atoms with Crippen molar-refractivity contribution >= 4 is 12.2 Å². The van der Waals surface area contributed by atoms with E-state index in [0.717, 1.165) is 12.8 Å². The topological polar surface area (TPSA) is 67.9 Å². The Morgan fingerprint density at radius 3 is 2.05 bits per heavy atom. The van der Waals surface area contributed by atoms with Crippen LogP contribution in [0.15, 0.2) is 0 Å². The van der Waals surface area contributed by atoms with Crippen molar-refractivity contribution < 1.29 is 19.1 Å². The van der Waals surface area contributed by atoms with Gasteiger partial charge in [0.15, 0.2) is 0 Å². The number of ether oxygens (including phenoxy) is 2. The van der Waals surface area contributed by atoms with E-state index in [1.165, 1.54) is 0 Å². The van der Waals surface area contributed by atoms with Crippen molar-refractivity contribution in [2.24, 2.45) is 0 Å². The second-order valence-corrected chi connectivity index (χ2v) is 7.90.